The van der Waals surface area contributed by atoms with Crippen LogP contribution in [0.5, 0.6) is 0 Å². The van der Waals surface area contributed by atoms with Gasteiger partial charge in [-0.1, -0.05) is 18.2 Å². The van der Waals surface area contributed by atoms with Crippen molar-refractivity contribution in [3.8, 4) is 0 Å². The highest BCUT2D eigenvalue weighted by atomic mass is 32.2. The number of piperazine rings is 1. The van der Waals surface area contributed by atoms with Crippen molar-refractivity contribution in [2.45, 2.75) is 18.0 Å². The van der Waals surface area contributed by atoms with Crippen molar-refractivity contribution in [2.24, 2.45) is 0 Å². The Bertz CT molecular complexity index is 895. The van der Waals surface area contributed by atoms with E-state index in [0.717, 1.165) is 49.1 Å². The topological polar surface area (TPSA) is 52.7 Å². The lowest BCUT2D eigenvalue weighted by Gasteiger charge is -2.31. The highest BCUT2D eigenvalue weighted by molar-refractivity contribution is 7.89. The average Bonchev–Trinajstić information content (AvgIpc) is 3.07. The molecule has 0 bridgehead atoms. The zero-order valence-electron chi connectivity index (χ0n) is 13.8. The highest BCUT2D eigenvalue weighted by Gasteiger charge is 2.33. The maximum absolute atomic E-state index is 13.5. The monoisotopic (exact) mass is 361 g/mol. The molecule has 0 spiro atoms. The van der Waals surface area contributed by atoms with Crippen LogP contribution in [0.25, 0.3) is 0 Å². The predicted molar refractivity (Wildman–Crippen MR) is 94.4 cm³/mol. The van der Waals surface area contributed by atoms with Gasteiger partial charge in [-0.25, -0.2) is 12.8 Å². The number of fused-ring (bicyclic) bond motifs is 1. The number of benzene rings is 2. The molecule has 0 atom stereocenters. The van der Waals surface area contributed by atoms with Gasteiger partial charge in [0.25, 0.3) is 0 Å². The molecule has 0 unspecified atom stereocenters. The molecule has 2 aliphatic heterocycles. The van der Waals surface area contributed by atoms with Crippen molar-refractivity contribution in [1.82, 2.24) is 9.62 Å². The Hall–Kier alpha value is -1.96. The van der Waals surface area contributed by atoms with Crippen molar-refractivity contribution in [3.63, 3.8) is 0 Å². The summed E-state index contributed by atoms with van der Waals surface area (Å²) < 4.78 is 40.6. The molecule has 0 radical (unpaired) electrons. The van der Waals surface area contributed by atoms with E-state index in [1.54, 1.807) is 0 Å². The van der Waals surface area contributed by atoms with Gasteiger partial charge in [0.05, 0.1) is 4.90 Å². The van der Waals surface area contributed by atoms with Gasteiger partial charge >= 0.3 is 0 Å². The van der Waals surface area contributed by atoms with E-state index in [9.17, 15) is 12.8 Å². The Morgan fingerprint density at radius 2 is 1.76 bits per heavy atom. The second kappa shape index (κ2) is 6.40. The molecule has 2 aromatic rings. The van der Waals surface area contributed by atoms with Crippen LogP contribution >= 0.6 is 0 Å². The predicted octanol–water partition coefficient (Wildman–Crippen LogP) is 1.94. The van der Waals surface area contributed by atoms with Crippen LogP contribution in [-0.4, -0.2) is 38.9 Å². The van der Waals surface area contributed by atoms with Crippen LogP contribution in [0.1, 0.15) is 11.1 Å². The molecule has 1 N–H and O–H groups in total. The molecule has 2 aliphatic rings. The third kappa shape index (κ3) is 3.03. The average molecular weight is 361 g/mol. The van der Waals surface area contributed by atoms with Gasteiger partial charge in [0.2, 0.25) is 10.0 Å². The first kappa shape index (κ1) is 16.5. The lowest BCUT2D eigenvalue weighted by Crippen LogP contribution is -2.43. The van der Waals surface area contributed by atoms with E-state index in [2.05, 4.69) is 16.3 Å². The Labute approximate surface area is 147 Å². The summed E-state index contributed by atoms with van der Waals surface area (Å²) in [6, 6.07) is 11.2. The molecule has 132 valence electrons. The van der Waals surface area contributed by atoms with Gasteiger partial charge in [0, 0.05) is 45.0 Å². The first-order valence-electron chi connectivity index (χ1n) is 8.38. The molecule has 5 nitrogen and oxygen atoms in total. The normalized spacial score (nSPS) is 18.4. The fraction of sp³-hybridized carbons (Fsp3) is 0.333. The summed E-state index contributed by atoms with van der Waals surface area (Å²) in [4.78, 5) is 2.30. The molecular formula is C18H20FN3O2S. The summed E-state index contributed by atoms with van der Waals surface area (Å²) >= 11 is 0. The molecule has 7 heteroatoms. The Morgan fingerprint density at radius 1 is 1.00 bits per heavy atom. The van der Waals surface area contributed by atoms with Gasteiger partial charge in [-0.2, -0.15) is 4.31 Å². The maximum atomic E-state index is 13.5. The third-order valence-electron chi connectivity index (χ3n) is 4.82. The van der Waals surface area contributed by atoms with E-state index in [-0.39, 0.29) is 4.90 Å². The summed E-state index contributed by atoms with van der Waals surface area (Å²) in [5, 5.41) is 3.33. The van der Waals surface area contributed by atoms with Gasteiger partial charge in [0.15, 0.2) is 0 Å². The van der Waals surface area contributed by atoms with Gasteiger partial charge < -0.3 is 10.2 Å². The van der Waals surface area contributed by atoms with Crippen molar-refractivity contribution < 1.29 is 12.8 Å². The number of hydrogen-bond donors (Lipinski definition) is 1. The molecule has 2 aromatic carbocycles. The van der Waals surface area contributed by atoms with Gasteiger partial charge in [0.1, 0.15) is 5.82 Å². The van der Waals surface area contributed by atoms with E-state index in [1.807, 2.05) is 12.1 Å². The maximum Gasteiger partial charge on any atom is 0.243 e. The van der Waals surface area contributed by atoms with Crippen LogP contribution in [-0.2, 0) is 23.1 Å². The number of rotatable bonds is 3. The number of nitrogens with one attached hydrogen (secondary N) is 1. The lowest BCUT2D eigenvalue weighted by molar-refractivity contribution is 0.431. The number of sulfonamides is 1. The van der Waals surface area contributed by atoms with Gasteiger partial charge in [-0.15, -0.1) is 0 Å². The second-order valence-electron chi connectivity index (χ2n) is 6.38. The summed E-state index contributed by atoms with van der Waals surface area (Å²) in [6.45, 7) is 4.33. The van der Waals surface area contributed by atoms with E-state index in [0.29, 0.717) is 13.1 Å². The van der Waals surface area contributed by atoms with Gasteiger partial charge in [-0.05, 0) is 35.4 Å². The van der Waals surface area contributed by atoms with Crippen molar-refractivity contribution >= 4 is 15.7 Å². The summed E-state index contributed by atoms with van der Waals surface area (Å²) in [7, 11) is -3.71. The van der Waals surface area contributed by atoms with Crippen LogP contribution in [0, 0.1) is 5.82 Å². The van der Waals surface area contributed by atoms with Crippen molar-refractivity contribution in [2.75, 3.05) is 31.1 Å². The molecule has 4 rings (SSSR count). The van der Waals surface area contributed by atoms with E-state index in [1.165, 1.54) is 22.5 Å². The number of nitrogens with zero attached hydrogens (tertiary/aromatic N) is 2. The Morgan fingerprint density at radius 3 is 2.52 bits per heavy atom. The van der Waals surface area contributed by atoms with Crippen LogP contribution < -0.4 is 10.2 Å². The van der Waals surface area contributed by atoms with Crippen molar-refractivity contribution in [1.29, 1.82) is 0 Å². The lowest BCUT2D eigenvalue weighted by atomic mass is 10.1. The van der Waals surface area contributed by atoms with Crippen LogP contribution in [0.4, 0.5) is 10.1 Å². The first-order chi connectivity index (χ1) is 12.1. The van der Waals surface area contributed by atoms with E-state index < -0.39 is 15.8 Å². The summed E-state index contributed by atoms with van der Waals surface area (Å²) in [5.41, 5.74) is 3.19. The molecule has 0 aromatic heterocycles. The van der Waals surface area contributed by atoms with Gasteiger partial charge in [-0.3, -0.25) is 0 Å². The zero-order valence-corrected chi connectivity index (χ0v) is 14.6. The fourth-order valence-electron chi connectivity index (χ4n) is 3.52. The molecular weight excluding hydrogens is 341 g/mol. The molecule has 1 fully saturated rings. The van der Waals surface area contributed by atoms with Crippen LogP contribution in [0.2, 0.25) is 0 Å². The molecule has 1 saturated heterocycles. The molecule has 0 aliphatic carbocycles. The Balaban J connectivity index is 1.65. The zero-order chi connectivity index (χ0) is 17.4. The fourth-order valence-corrected chi connectivity index (χ4v) is 4.94. The standard InChI is InChI=1S/C18H20FN3O2S/c19-15-4-2-5-16(11-15)25(23,24)22-12-14-3-1-6-18(17(14)13-22)21-9-7-20-8-10-21/h1-6,11,20H,7-10,12-13H2. The number of hydrogen-bond acceptors (Lipinski definition) is 4. The molecule has 0 saturated carbocycles. The second-order valence-corrected chi connectivity index (χ2v) is 8.32. The molecule has 2 heterocycles. The number of anilines is 1. The molecule has 25 heavy (non-hydrogen) atoms. The van der Waals surface area contributed by atoms with Crippen LogP contribution in [0.15, 0.2) is 47.4 Å². The number of halogens is 1. The van der Waals surface area contributed by atoms with E-state index >= 15 is 0 Å². The summed E-state index contributed by atoms with van der Waals surface area (Å²) in [5.74, 6) is -0.542. The van der Waals surface area contributed by atoms with Crippen LogP contribution in [0.3, 0.4) is 0 Å². The first-order valence-corrected chi connectivity index (χ1v) is 9.82. The molecule has 0 amide bonds. The third-order valence-corrected chi connectivity index (χ3v) is 6.61. The SMILES string of the molecule is O=S(=O)(c1cccc(F)c1)N1Cc2cccc(N3CCNCC3)c2C1. The minimum Gasteiger partial charge on any atom is -0.369 e. The van der Waals surface area contributed by atoms with E-state index in [4.69, 9.17) is 0 Å². The highest BCUT2D eigenvalue weighted by Crippen LogP contribution is 2.35. The quantitative estimate of drug-likeness (QED) is 0.908. The van der Waals surface area contributed by atoms with Crippen molar-refractivity contribution in [3.05, 3.63) is 59.4 Å². The smallest absolute Gasteiger partial charge is 0.243 e. The largest absolute Gasteiger partial charge is 0.369 e. The summed E-state index contributed by atoms with van der Waals surface area (Å²) in [6.07, 6.45) is 0. The Kier molecular flexibility index (Phi) is 4.23. The minimum absolute atomic E-state index is 0.00373. The minimum atomic E-state index is -3.71.